The van der Waals surface area contributed by atoms with Gasteiger partial charge in [-0.15, -0.1) is 0 Å². The summed E-state index contributed by atoms with van der Waals surface area (Å²) in [5.74, 6) is -1.51. The maximum atomic E-state index is 12.6. The Morgan fingerprint density at radius 3 is 2.74 bits per heavy atom. The van der Waals surface area contributed by atoms with E-state index in [1.165, 1.54) is 13.2 Å². The molecule has 0 unspecified atom stereocenters. The molecule has 6 nitrogen and oxygen atoms in total. The highest BCUT2D eigenvalue weighted by molar-refractivity contribution is 5.90. The Hall–Kier alpha value is -2.97. The highest BCUT2D eigenvalue weighted by Crippen LogP contribution is 2.27. The number of H-pyrrole nitrogens is 1. The number of benzene rings is 1. The summed E-state index contributed by atoms with van der Waals surface area (Å²) in [6.07, 6.45) is -3.62. The number of halogens is 3. The summed E-state index contributed by atoms with van der Waals surface area (Å²) in [6.45, 7) is 0. The second-order valence-corrected chi connectivity index (χ2v) is 4.59. The van der Waals surface area contributed by atoms with Gasteiger partial charge in [-0.05, 0) is 12.1 Å². The van der Waals surface area contributed by atoms with Gasteiger partial charge < -0.3 is 9.72 Å². The van der Waals surface area contributed by atoms with Crippen LogP contribution in [0.1, 0.15) is 16.2 Å². The molecule has 1 aromatic carbocycles. The van der Waals surface area contributed by atoms with Crippen molar-refractivity contribution in [2.24, 2.45) is 0 Å². The first-order valence-corrected chi connectivity index (χ1v) is 6.37. The number of rotatable bonds is 2. The number of carbonyl (C=O) groups excluding carboxylic acids is 1. The summed E-state index contributed by atoms with van der Waals surface area (Å²) in [7, 11) is 1.25. The first-order chi connectivity index (χ1) is 10.9. The molecule has 0 aliphatic heterocycles. The smallest absolute Gasteiger partial charge is 0.451 e. The van der Waals surface area contributed by atoms with Crippen LogP contribution in [-0.2, 0) is 10.9 Å². The van der Waals surface area contributed by atoms with E-state index in [0.29, 0.717) is 11.1 Å². The zero-order chi connectivity index (χ0) is 16.6. The van der Waals surface area contributed by atoms with Gasteiger partial charge in [0, 0.05) is 5.56 Å². The lowest BCUT2D eigenvalue weighted by molar-refractivity contribution is -0.144. The topological polar surface area (TPSA) is 80.8 Å². The number of hydrogen-bond donors (Lipinski definition) is 1. The molecule has 3 rings (SSSR count). The van der Waals surface area contributed by atoms with Gasteiger partial charge in [-0.3, -0.25) is 0 Å². The highest BCUT2D eigenvalue weighted by atomic mass is 19.4. The monoisotopic (exact) mass is 322 g/mol. The lowest BCUT2D eigenvalue weighted by Crippen LogP contribution is -2.10. The quantitative estimate of drug-likeness (QED) is 0.734. The standard InChI is InChI=1S/C14H9F3N4O2/c1-23-12(22)8-4-2-3-7(5-8)10-19-9-6-18-13(14(15,16)17)21-11(9)20-10/h2-6H,1H3,(H,18,19,20,21). The van der Waals surface area contributed by atoms with Gasteiger partial charge in [0.25, 0.3) is 0 Å². The van der Waals surface area contributed by atoms with E-state index >= 15 is 0 Å². The summed E-state index contributed by atoms with van der Waals surface area (Å²) in [6, 6.07) is 6.34. The third-order valence-corrected chi connectivity index (χ3v) is 3.05. The fraction of sp³-hybridized carbons (Fsp3) is 0.143. The summed E-state index contributed by atoms with van der Waals surface area (Å²) in [4.78, 5) is 25.0. The Morgan fingerprint density at radius 1 is 1.26 bits per heavy atom. The molecule has 0 amide bonds. The van der Waals surface area contributed by atoms with Gasteiger partial charge in [-0.1, -0.05) is 12.1 Å². The van der Waals surface area contributed by atoms with E-state index in [9.17, 15) is 18.0 Å². The number of methoxy groups -OCH3 is 1. The van der Waals surface area contributed by atoms with Crippen molar-refractivity contribution < 1.29 is 22.7 Å². The summed E-state index contributed by atoms with van der Waals surface area (Å²) in [5, 5.41) is 0. The fourth-order valence-electron chi connectivity index (χ4n) is 1.99. The zero-order valence-corrected chi connectivity index (χ0v) is 11.7. The van der Waals surface area contributed by atoms with Crippen molar-refractivity contribution in [1.29, 1.82) is 0 Å². The number of hydrogen-bond acceptors (Lipinski definition) is 5. The Labute approximate surface area is 127 Å². The van der Waals surface area contributed by atoms with Gasteiger partial charge in [0.15, 0.2) is 5.65 Å². The second kappa shape index (κ2) is 5.34. The van der Waals surface area contributed by atoms with Crippen LogP contribution in [0.4, 0.5) is 13.2 Å². The van der Waals surface area contributed by atoms with Crippen LogP contribution in [0.25, 0.3) is 22.6 Å². The number of imidazole rings is 1. The predicted molar refractivity (Wildman–Crippen MR) is 73.5 cm³/mol. The van der Waals surface area contributed by atoms with Crippen LogP contribution in [0.2, 0.25) is 0 Å². The Bertz CT molecular complexity index is 889. The molecule has 0 atom stereocenters. The van der Waals surface area contributed by atoms with Gasteiger partial charge in [-0.25, -0.2) is 19.7 Å². The van der Waals surface area contributed by atoms with Crippen LogP contribution < -0.4 is 0 Å². The highest BCUT2D eigenvalue weighted by Gasteiger charge is 2.35. The molecule has 2 heterocycles. The number of aromatic nitrogens is 4. The molecule has 0 bridgehead atoms. The van der Waals surface area contributed by atoms with E-state index in [4.69, 9.17) is 0 Å². The molecule has 0 saturated heterocycles. The van der Waals surface area contributed by atoms with Gasteiger partial charge in [0.05, 0.1) is 18.9 Å². The summed E-state index contributed by atoms with van der Waals surface area (Å²) < 4.78 is 42.5. The number of carbonyl (C=O) groups is 1. The van der Waals surface area contributed by atoms with Crippen molar-refractivity contribution in [3.63, 3.8) is 0 Å². The van der Waals surface area contributed by atoms with E-state index in [-0.39, 0.29) is 17.0 Å². The minimum atomic E-state index is -4.64. The van der Waals surface area contributed by atoms with Crippen molar-refractivity contribution in [2.75, 3.05) is 7.11 Å². The largest absolute Gasteiger partial charge is 0.465 e. The molecule has 0 spiro atoms. The number of nitrogens with one attached hydrogen (secondary N) is 1. The fourth-order valence-corrected chi connectivity index (χ4v) is 1.99. The van der Waals surface area contributed by atoms with Gasteiger partial charge in [-0.2, -0.15) is 13.2 Å². The van der Waals surface area contributed by atoms with Crippen LogP contribution >= 0.6 is 0 Å². The van der Waals surface area contributed by atoms with E-state index in [1.807, 2.05) is 0 Å². The van der Waals surface area contributed by atoms with Crippen molar-refractivity contribution >= 4 is 17.1 Å². The average Bonchev–Trinajstić information content (AvgIpc) is 2.96. The minimum absolute atomic E-state index is 0.106. The molecule has 0 aliphatic carbocycles. The normalized spacial score (nSPS) is 11.7. The third kappa shape index (κ3) is 2.85. The lowest BCUT2D eigenvalue weighted by atomic mass is 10.1. The van der Waals surface area contributed by atoms with Crippen LogP contribution in [0.15, 0.2) is 30.5 Å². The third-order valence-electron chi connectivity index (χ3n) is 3.05. The number of fused-ring (bicyclic) bond motifs is 1. The van der Waals surface area contributed by atoms with Crippen molar-refractivity contribution in [1.82, 2.24) is 19.9 Å². The average molecular weight is 322 g/mol. The minimum Gasteiger partial charge on any atom is -0.465 e. The Kier molecular flexibility index (Phi) is 3.47. The molecule has 0 radical (unpaired) electrons. The van der Waals surface area contributed by atoms with Crippen LogP contribution in [0, 0.1) is 0 Å². The van der Waals surface area contributed by atoms with Gasteiger partial charge in [0.1, 0.15) is 11.3 Å². The molecule has 9 heteroatoms. The predicted octanol–water partition coefficient (Wildman–Crippen LogP) is 2.83. The Balaban J connectivity index is 2.05. The molecular formula is C14H9F3N4O2. The van der Waals surface area contributed by atoms with E-state index < -0.39 is 18.0 Å². The zero-order valence-electron chi connectivity index (χ0n) is 11.7. The van der Waals surface area contributed by atoms with Crippen LogP contribution in [0.5, 0.6) is 0 Å². The van der Waals surface area contributed by atoms with Crippen molar-refractivity contribution in [2.45, 2.75) is 6.18 Å². The van der Waals surface area contributed by atoms with Crippen LogP contribution in [-0.4, -0.2) is 33.0 Å². The number of esters is 1. The van der Waals surface area contributed by atoms with Crippen molar-refractivity contribution in [3.05, 3.63) is 41.9 Å². The number of nitrogens with zero attached hydrogens (tertiary/aromatic N) is 3. The van der Waals surface area contributed by atoms with Crippen LogP contribution in [0.3, 0.4) is 0 Å². The molecular weight excluding hydrogens is 313 g/mol. The number of aromatic amines is 1. The molecule has 1 N–H and O–H groups in total. The maximum absolute atomic E-state index is 12.6. The van der Waals surface area contributed by atoms with E-state index in [0.717, 1.165) is 6.20 Å². The molecule has 2 aromatic heterocycles. The summed E-state index contributed by atoms with van der Waals surface area (Å²) in [5.41, 5.74) is 0.967. The molecule has 0 aliphatic rings. The van der Waals surface area contributed by atoms with Crippen molar-refractivity contribution in [3.8, 4) is 11.4 Å². The molecule has 0 fully saturated rings. The molecule has 0 saturated carbocycles. The second-order valence-electron chi connectivity index (χ2n) is 4.59. The van der Waals surface area contributed by atoms with Gasteiger partial charge >= 0.3 is 12.1 Å². The van der Waals surface area contributed by atoms with E-state index in [1.54, 1.807) is 18.2 Å². The maximum Gasteiger partial charge on any atom is 0.451 e. The first kappa shape index (κ1) is 14.9. The Morgan fingerprint density at radius 2 is 2.04 bits per heavy atom. The van der Waals surface area contributed by atoms with Gasteiger partial charge in [0.2, 0.25) is 5.82 Å². The number of alkyl halides is 3. The molecule has 118 valence electrons. The number of ether oxygens (including phenoxy) is 1. The van der Waals surface area contributed by atoms with E-state index in [2.05, 4.69) is 24.7 Å². The molecule has 23 heavy (non-hydrogen) atoms. The SMILES string of the molecule is COC(=O)c1cccc(-c2nc3nc(C(F)(F)F)ncc3[nH]2)c1. The summed E-state index contributed by atoms with van der Waals surface area (Å²) >= 11 is 0. The molecule has 3 aromatic rings. The first-order valence-electron chi connectivity index (χ1n) is 6.37. The lowest BCUT2D eigenvalue weighted by Gasteiger charge is -2.02.